The lowest BCUT2D eigenvalue weighted by molar-refractivity contribution is -0.0528. The number of imidazole rings is 1. The summed E-state index contributed by atoms with van der Waals surface area (Å²) < 4.78 is 30.9. The Balaban J connectivity index is 1.38. The van der Waals surface area contributed by atoms with Crippen LogP contribution in [0.5, 0.6) is 5.88 Å². The third-order valence-electron chi connectivity index (χ3n) is 6.06. The maximum absolute atomic E-state index is 12.3. The maximum Gasteiger partial charge on any atom is 0.388 e. The van der Waals surface area contributed by atoms with E-state index in [0.717, 1.165) is 54.0 Å². The van der Waals surface area contributed by atoms with Crippen LogP contribution in [0.4, 0.5) is 26.1 Å². The zero-order chi connectivity index (χ0) is 24.4. The summed E-state index contributed by atoms with van der Waals surface area (Å²) in [6.07, 6.45) is 10.9. The van der Waals surface area contributed by atoms with Crippen LogP contribution in [0, 0.1) is 6.92 Å². The van der Waals surface area contributed by atoms with Crippen LogP contribution in [-0.4, -0.2) is 43.0 Å². The van der Waals surface area contributed by atoms with Gasteiger partial charge < -0.3 is 21.1 Å². The summed E-state index contributed by atoms with van der Waals surface area (Å²) in [6, 6.07) is 7.36. The second kappa shape index (κ2) is 9.79. The molecule has 4 N–H and O–H groups in total. The summed E-state index contributed by atoms with van der Waals surface area (Å²) in [5.74, 6) is 0.449. The molecule has 0 amide bonds. The van der Waals surface area contributed by atoms with Crippen LogP contribution in [0.1, 0.15) is 31.2 Å². The van der Waals surface area contributed by atoms with Crippen LogP contribution < -0.4 is 21.1 Å². The van der Waals surface area contributed by atoms with E-state index < -0.39 is 6.61 Å². The number of hydrogen-bond donors (Lipinski definition) is 3. The van der Waals surface area contributed by atoms with Crippen molar-refractivity contribution in [1.29, 1.82) is 0 Å². The average molecular weight is 481 g/mol. The molecule has 35 heavy (non-hydrogen) atoms. The molecule has 1 fully saturated rings. The van der Waals surface area contributed by atoms with E-state index in [4.69, 9.17) is 10.7 Å². The lowest BCUT2D eigenvalue weighted by Crippen LogP contribution is -2.33. The molecule has 9 nitrogen and oxygen atoms in total. The first kappa shape index (κ1) is 22.9. The molecule has 1 aliphatic rings. The molecular weight excluding hydrogens is 454 g/mol. The van der Waals surface area contributed by atoms with Gasteiger partial charge in [-0.1, -0.05) is 0 Å². The van der Waals surface area contributed by atoms with E-state index in [2.05, 4.69) is 30.3 Å². The minimum atomic E-state index is -2.91. The smallest absolute Gasteiger partial charge is 0.388 e. The molecule has 0 unspecified atom stereocenters. The van der Waals surface area contributed by atoms with Crippen LogP contribution in [0.25, 0.3) is 17.0 Å². The van der Waals surface area contributed by atoms with E-state index in [-0.39, 0.29) is 11.9 Å². The first-order chi connectivity index (χ1) is 16.9. The highest BCUT2D eigenvalue weighted by molar-refractivity contribution is 5.67. The molecule has 0 radical (unpaired) electrons. The number of alkyl halides is 2. The standard InChI is InChI=1S/C24H26F2N8O/c1-14-10-30-24(32-16-4-2-15(27)3-5-16)33-22(14)19-12-28-20-8-6-18(13-34(19)20)31-17-7-9-21(29-11-17)35-23(25)26/h6-13,15-16,23,31H,2-5,27H2,1H3,(H,30,32,33)/t15-,16-. The van der Waals surface area contributed by atoms with Gasteiger partial charge in [-0.05, 0) is 56.4 Å². The first-order valence-corrected chi connectivity index (χ1v) is 11.5. The van der Waals surface area contributed by atoms with Gasteiger partial charge in [0, 0.05) is 30.5 Å². The molecule has 0 aliphatic heterocycles. The summed E-state index contributed by atoms with van der Waals surface area (Å²) >= 11 is 0. The summed E-state index contributed by atoms with van der Waals surface area (Å²) in [5, 5.41) is 6.67. The van der Waals surface area contributed by atoms with Crippen molar-refractivity contribution in [3.05, 3.63) is 54.6 Å². The highest BCUT2D eigenvalue weighted by atomic mass is 19.3. The van der Waals surface area contributed by atoms with Crippen molar-refractivity contribution in [2.45, 2.75) is 51.3 Å². The van der Waals surface area contributed by atoms with Crippen molar-refractivity contribution in [2.24, 2.45) is 5.73 Å². The predicted octanol–water partition coefficient (Wildman–Crippen LogP) is 4.52. The molecule has 1 saturated carbocycles. The number of pyridine rings is 2. The Morgan fingerprint density at radius 2 is 1.80 bits per heavy atom. The van der Waals surface area contributed by atoms with Gasteiger partial charge in [-0.15, -0.1) is 0 Å². The van der Waals surface area contributed by atoms with E-state index in [0.29, 0.717) is 17.7 Å². The lowest BCUT2D eigenvalue weighted by atomic mass is 9.92. The molecule has 0 aromatic carbocycles. The van der Waals surface area contributed by atoms with Crippen LogP contribution >= 0.6 is 0 Å². The molecule has 5 rings (SSSR count). The second-order valence-corrected chi connectivity index (χ2v) is 8.66. The van der Waals surface area contributed by atoms with Crippen LogP contribution in [0.3, 0.4) is 0 Å². The Labute approximate surface area is 200 Å². The van der Waals surface area contributed by atoms with Crippen molar-refractivity contribution in [3.63, 3.8) is 0 Å². The number of nitrogens with zero attached hydrogens (tertiary/aromatic N) is 5. The summed E-state index contributed by atoms with van der Waals surface area (Å²) in [4.78, 5) is 17.7. The van der Waals surface area contributed by atoms with Crippen molar-refractivity contribution in [1.82, 2.24) is 24.3 Å². The number of halogens is 2. The zero-order valence-electron chi connectivity index (χ0n) is 19.2. The van der Waals surface area contributed by atoms with E-state index in [9.17, 15) is 8.78 Å². The van der Waals surface area contributed by atoms with Gasteiger partial charge in [0.05, 0.1) is 35.2 Å². The molecule has 0 bridgehead atoms. The number of hydrogen-bond acceptors (Lipinski definition) is 8. The van der Waals surface area contributed by atoms with Gasteiger partial charge in [-0.25, -0.2) is 19.9 Å². The molecule has 4 aromatic heterocycles. The van der Waals surface area contributed by atoms with Crippen molar-refractivity contribution >= 4 is 23.0 Å². The molecule has 0 saturated heterocycles. The van der Waals surface area contributed by atoms with Crippen LogP contribution in [0.15, 0.2) is 49.1 Å². The zero-order valence-corrected chi connectivity index (χ0v) is 19.2. The molecule has 1 aliphatic carbocycles. The Morgan fingerprint density at radius 1 is 1.00 bits per heavy atom. The Bertz CT molecular complexity index is 1300. The largest absolute Gasteiger partial charge is 0.417 e. The van der Waals surface area contributed by atoms with Gasteiger partial charge in [0.25, 0.3) is 0 Å². The van der Waals surface area contributed by atoms with Crippen molar-refractivity contribution in [2.75, 3.05) is 10.6 Å². The van der Waals surface area contributed by atoms with Crippen LogP contribution in [-0.2, 0) is 0 Å². The van der Waals surface area contributed by atoms with Gasteiger partial charge in [0.2, 0.25) is 11.8 Å². The molecule has 182 valence electrons. The normalized spacial score (nSPS) is 18.1. The summed E-state index contributed by atoms with van der Waals surface area (Å²) in [7, 11) is 0. The van der Waals surface area contributed by atoms with Gasteiger partial charge in [0.1, 0.15) is 5.65 Å². The summed E-state index contributed by atoms with van der Waals surface area (Å²) in [6.45, 7) is -0.945. The highest BCUT2D eigenvalue weighted by Gasteiger charge is 2.20. The number of anilines is 3. The number of nitrogens with one attached hydrogen (secondary N) is 2. The fourth-order valence-corrected chi connectivity index (χ4v) is 4.23. The van der Waals surface area contributed by atoms with Gasteiger partial charge >= 0.3 is 6.61 Å². The van der Waals surface area contributed by atoms with E-state index in [1.54, 1.807) is 12.3 Å². The van der Waals surface area contributed by atoms with Gasteiger partial charge in [0.15, 0.2) is 0 Å². The SMILES string of the molecule is Cc1cnc(N[C@H]2CC[C@H](N)CC2)nc1-c1cnc2ccc(Nc3ccc(OC(F)F)nc3)cn12. The summed E-state index contributed by atoms with van der Waals surface area (Å²) in [5.41, 5.74) is 10.7. The van der Waals surface area contributed by atoms with Gasteiger partial charge in [-0.2, -0.15) is 8.78 Å². The molecule has 4 aromatic rings. The second-order valence-electron chi connectivity index (χ2n) is 8.66. The minimum Gasteiger partial charge on any atom is -0.417 e. The Morgan fingerprint density at radius 3 is 2.54 bits per heavy atom. The molecular formula is C24H26F2N8O. The predicted molar refractivity (Wildman–Crippen MR) is 129 cm³/mol. The number of ether oxygens (including phenoxy) is 1. The number of aromatic nitrogens is 5. The fourth-order valence-electron chi connectivity index (χ4n) is 4.23. The first-order valence-electron chi connectivity index (χ1n) is 11.5. The molecule has 11 heteroatoms. The van der Waals surface area contributed by atoms with Crippen LogP contribution in [0.2, 0.25) is 0 Å². The van der Waals surface area contributed by atoms with Gasteiger partial charge in [-0.3, -0.25) is 4.40 Å². The average Bonchev–Trinajstić information content (AvgIpc) is 3.26. The Hall–Kier alpha value is -3.86. The monoisotopic (exact) mass is 480 g/mol. The minimum absolute atomic E-state index is 0.141. The number of rotatable bonds is 7. The molecule has 0 atom stereocenters. The number of nitrogens with two attached hydrogens (primary N) is 1. The van der Waals surface area contributed by atoms with E-state index in [1.165, 1.54) is 12.3 Å². The van der Waals surface area contributed by atoms with E-state index >= 15 is 0 Å². The lowest BCUT2D eigenvalue weighted by Gasteiger charge is -2.26. The topological polar surface area (TPSA) is 115 Å². The molecule has 0 spiro atoms. The highest BCUT2D eigenvalue weighted by Crippen LogP contribution is 2.27. The molecule has 4 heterocycles. The Kier molecular flexibility index (Phi) is 6.41. The number of fused-ring (bicyclic) bond motifs is 1. The van der Waals surface area contributed by atoms with Crippen molar-refractivity contribution < 1.29 is 13.5 Å². The third-order valence-corrected chi connectivity index (χ3v) is 6.06. The number of aryl methyl sites for hydroxylation is 1. The quantitative estimate of drug-likeness (QED) is 0.354. The third kappa shape index (κ3) is 5.29. The van der Waals surface area contributed by atoms with Crippen molar-refractivity contribution in [3.8, 4) is 17.3 Å². The van der Waals surface area contributed by atoms with E-state index in [1.807, 2.05) is 35.9 Å². The fraction of sp³-hybridized carbons (Fsp3) is 0.333. The maximum atomic E-state index is 12.3.